The number of hydrogen-bond donors (Lipinski definition) is 0. The summed E-state index contributed by atoms with van der Waals surface area (Å²) in [4.78, 5) is 11.0. The van der Waals surface area contributed by atoms with Gasteiger partial charge in [0.05, 0.1) is 6.10 Å². The van der Waals surface area contributed by atoms with Crippen LogP contribution in [-0.2, 0) is 9.53 Å². The second-order valence-electron chi connectivity index (χ2n) is 3.64. The van der Waals surface area contributed by atoms with Crippen LogP contribution in [0.1, 0.15) is 25.7 Å². The number of ether oxygens (including phenoxy) is 1. The summed E-state index contributed by atoms with van der Waals surface area (Å²) in [6.45, 7) is 0.352. The molecule has 2 aliphatic rings. The Bertz CT molecular complexity index is 206. The first-order chi connectivity index (χ1) is 5.86. The summed E-state index contributed by atoms with van der Waals surface area (Å²) in [5.74, 6) is 0.871. The van der Waals surface area contributed by atoms with Gasteiger partial charge in [-0.05, 0) is 25.2 Å². The molecule has 2 nitrogen and oxygen atoms in total. The lowest BCUT2D eigenvalue weighted by Crippen LogP contribution is -2.20. The molecule has 2 unspecified atom stereocenters. The number of carbonyl (C=O) groups is 1. The van der Waals surface area contributed by atoms with Gasteiger partial charge in [-0.25, -0.2) is 0 Å². The third-order valence-electron chi connectivity index (χ3n) is 2.72. The number of hydrogen-bond acceptors (Lipinski definition) is 2. The van der Waals surface area contributed by atoms with Gasteiger partial charge in [0.1, 0.15) is 6.61 Å². The van der Waals surface area contributed by atoms with Gasteiger partial charge in [0, 0.05) is 6.42 Å². The lowest BCUT2D eigenvalue weighted by molar-refractivity contribution is -0.117. The van der Waals surface area contributed by atoms with E-state index in [1.54, 1.807) is 0 Å². The van der Waals surface area contributed by atoms with E-state index in [-0.39, 0.29) is 11.9 Å². The van der Waals surface area contributed by atoms with Crippen LogP contribution in [0.2, 0.25) is 0 Å². The smallest absolute Gasteiger partial charge is 0.161 e. The predicted octanol–water partition coefficient (Wildman–Crippen LogP) is 1.70. The molecule has 1 aliphatic carbocycles. The Kier molecular flexibility index (Phi) is 2.26. The fourth-order valence-electron chi connectivity index (χ4n) is 2.00. The van der Waals surface area contributed by atoms with Crippen molar-refractivity contribution in [3.63, 3.8) is 0 Å². The maximum atomic E-state index is 11.0. The van der Waals surface area contributed by atoms with E-state index >= 15 is 0 Å². The van der Waals surface area contributed by atoms with Crippen molar-refractivity contribution < 1.29 is 9.53 Å². The molecule has 2 heteroatoms. The van der Waals surface area contributed by atoms with Crippen LogP contribution >= 0.6 is 0 Å². The van der Waals surface area contributed by atoms with Gasteiger partial charge < -0.3 is 4.74 Å². The van der Waals surface area contributed by atoms with Gasteiger partial charge in [-0.3, -0.25) is 4.79 Å². The SMILES string of the molecule is O=C1COC(C2CC=CCC2)C1. The number of rotatable bonds is 1. The predicted molar refractivity (Wildman–Crippen MR) is 45.8 cm³/mol. The first-order valence-electron chi connectivity index (χ1n) is 4.64. The molecule has 1 aliphatic heterocycles. The Morgan fingerprint density at radius 1 is 1.42 bits per heavy atom. The molecule has 1 fully saturated rings. The van der Waals surface area contributed by atoms with Gasteiger partial charge in [-0.15, -0.1) is 0 Å². The molecular weight excluding hydrogens is 152 g/mol. The van der Waals surface area contributed by atoms with E-state index in [1.165, 1.54) is 6.42 Å². The Labute approximate surface area is 72.6 Å². The fourth-order valence-corrected chi connectivity index (χ4v) is 2.00. The summed E-state index contributed by atoms with van der Waals surface area (Å²) < 4.78 is 5.42. The van der Waals surface area contributed by atoms with Gasteiger partial charge in [0.2, 0.25) is 0 Å². The fraction of sp³-hybridized carbons (Fsp3) is 0.700. The highest BCUT2D eigenvalue weighted by Gasteiger charge is 2.29. The van der Waals surface area contributed by atoms with Gasteiger partial charge in [0.15, 0.2) is 5.78 Å². The third-order valence-corrected chi connectivity index (χ3v) is 2.72. The summed E-state index contributed by atoms with van der Waals surface area (Å²) in [7, 11) is 0. The molecule has 0 aromatic carbocycles. The van der Waals surface area contributed by atoms with Crippen molar-refractivity contribution in [3.8, 4) is 0 Å². The highest BCUT2D eigenvalue weighted by molar-refractivity contribution is 5.81. The van der Waals surface area contributed by atoms with Crippen molar-refractivity contribution in [2.45, 2.75) is 31.8 Å². The first-order valence-corrected chi connectivity index (χ1v) is 4.64. The molecule has 2 rings (SSSR count). The quantitative estimate of drug-likeness (QED) is 0.554. The van der Waals surface area contributed by atoms with E-state index in [1.807, 2.05) is 0 Å². The van der Waals surface area contributed by atoms with Crippen molar-refractivity contribution in [1.29, 1.82) is 0 Å². The average molecular weight is 166 g/mol. The molecule has 2 atom stereocenters. The van der Waals surface area contributed by atoms with E-state index in [9.17, 15) is 4.79 Å². The second-order valence-corrected chi connectivity index (χ2v) is 3.64. The summed E-state index contributed by atoms with van der Waals surface area (Å²) in [6, 6.07) is 0. The Morgan fingerprint density at radius 2 is 2.33 bits per heavy atom. The van der Waals surface area contributed by atoms with Crippen molar-refractivity contribution in [3.05, 3.63) is 12.2 Å². The average Bonchev–Trinajstić information content (AvgIpc) is 2.54. The summed E-state index contributed by atoms with van der Waals surface area (Å²) in [5, 5.41) is 0. The molecule has 0 saturated carbocycles. The zero-order chi connectivity index (χ0) is 8.39. The Hall–Kier alpha value is -0.630. The topological polar surface area (TPSA) is 26.3 Å². The normalized spacial score (nSPS) is 35.8. The number of carbonyl (C=O) groups excluding carboxylic acids is 1. The van der Waals surface area contributed by atoms with E-state index in [4.69, 9.17) is 4.74 Å². The van der Waals surface area contributed by atoms with Crippen molar-refractivity contribution >= 4 is 5.78 Å². The van der Waals surface area contributed by atoms with Crippen LogP contribution in [0.4, 0.5) is 0 Å². The molecule has 0 amide bonds. The van der Waals surface area contributed by atoms with Crippen LogP contribution in [-0.4, -0.2) is 18.5 Å². The summed E-state index contributed by atoms with van der Waals surface area (Å²) in [5.41, 5.74) is 0. The molecule has 0 bridgehead atoms. The van der Waals surface area contributed by atoms with Crippen LogP contribution < -0.4 is 0 Å². The van der Waals surface area contributed by atoms with E-state index < -0.39 is 0 Å². The third kappa shape index (κ3) is 1.58. The Morgan fingerprint density at radius 3 is 2.92 bits per heavy atom. The molecule has 0 N–H and O–H groups in total. The maximum absolute atomic E-state index is 11.0. The lowest BCUT2D eigenvalue weighted by Gasteiger charge is -2.22. The van der Waals surface area contributed by atoms with Crippen LogP contribution in [0, 0.1) is 5.92 Å². The zero-order valence-electron chi connectivity index (χ0n) is 7.16. The molecule has 12 heavy (non-hydrogen) atoms. The van der Waals surface area contributed by atoms with Gasteiger partial charge in [-0.2, -0.15) is 0 Å². The standard InChI is InChI=1S/C10H14O2/c11-9-6-10(12-7-9)8-4-2-1-3-5-8/h1-2,8,10H,3-7H2. The van der Waals surface area contributed by atoms with Crippen molar-refractivity contribution in [1.82, 2.24) is 0 Å². The van der Waals surface area contributed by atoms with Crippen LogP contribution in [0.25, 0.3) is 0 Å². The Balaban J connectivity index is 1.92. The molecule has 1 saturated heterocycles. The van der Waals surface area contributed by atoms with E-state index in [0.29, 0.717) is 18.9 Å². The molecule has 66 valence electrons. The van der Waals surface area contributed by atoms with Gasteiger partial charge >= 0.3 is 0 Å². The van der Waals surface area contributed by atoms with Gasteiger partial charge in [-0.1, -0.05) is 12.2 Å². The molecule has 0 aromatic rings. The minimum absolute atomic E-state index is 0.224. The maximum Gasteiger partial charge on any atom is 0.161 e. The van der Waals surface area contributed by atoms with Crippen LogP contribution in [0.15, 0.2) is 12.2 Å². The molecular formula is C10H14O2. The summed E-state index contributed by atoms with van der Waals surface area (Å²) >= 11 is 0. The van der Waals surface area contributed by atoms with Crippen LogP contribution in [0.3, 0.4) is 0 Å². The van der Waals surface area contributed by atoms with Crippen LogP contribution in [0.5, 0.6) is 0 Å². The minimum Gasteiger partial charge on any atom is -0.370 e. The zero-order valence-corrected chi connectivity index (χ0v) is 7.16. The number of allylic oxidation sites excluding steroid dienone is 2. The van der Waals surface area contributed by atoms with E-state index in [2.05, 4.69) is 12.2 Å². The molecule has 0 radical (unpaired) electrons. The van der Waals surface area contributed by atoms with Crippen molar-refractivity contribution in [2.75, 3.05) is 6.61 Å². The first kappa shape index (κ1) is 7.99. The largest absolute Gasteiger partial charge is 0.370 e. The van der Waals surface area contributed by atoms with E-state index in [0.717, 1.165) is 12.8 Å². The number of Topliss-reactive ketones (excluding diaryl/α,β-unsaturated/α-hetero) is 1. The molecule has 0 spiro atoms. The monoisotopic (exact) mass is 166 g/mol. The minimum atomic E-state index is 0.224. The second kappa shape index (κ2) is 3.40. The highest BCUT2D eigenvalue weighted by atomic mass is 16.5. The number of ketones is 1. The molecule has 1 heterocycles. The lowest BCUT2D eigenvalue weighted by atomic mass is 9.88. The molecule has 0 aromatic heterocycles. The van der Waals surface area contributed by atoms with Crippen molar-refractivity contribution in [2.24, 2.45) is 5.92 Å². The van der Waals surface area contributed by atoms with Gasteiger partial charge in [0.25, 0.3) is 0 Å². The summed E-state index contributed by atoms with van der Waals surface area (Å²) in [6.07, 6.45) is 8.74. The highest BCUT2D eigenvalue weighted by Crippen LogP contribution is 2.28.